The Balaban J connectivity index is 1.83. The van der Waals surface area contributed by atoms with Crippen molar-refractivity contribution in [3.8, 4) is 17.2 Å². The molecule has 3 rings (SSSR count). The van der Waals surface area contributed by atoms with Crippen molar-refractivity contribution in [3.63, 3.8) is 0 Å². The number of methoxy groups -OCH3 is 1. The van der Waals surface area contributed by atoms with Gasteiger partial charge in [0.05, 0.1) is 13.7 Å². The van der Waals surface area contributed by atoms with Crippen molar-refractivity contribution in [1.29, 1.82) is 0 Å². The van der Waals surface area contributed by atoms with Crippen LogP contribution in [0.15, 0.2) is 22.7 Å². The molecule has 7 heteroatoms. The van der Waals surface area contributed by atoms with E-state index in [9.17, 15) is 4.79 Å². The molecule has 7 nitrogen and oxygen atoms in total. The molecule has 1 aromatic carbocycles. The molecule has 0 saturated carbocycles. The van der Waals surface area contributed by atoms with E-state index in [1.54, 1.807) is 30.1 Å². The Hall–Kier alpha value is -2.70. The maximum Gasteiger partial charge on any atom is 0.254 e. The van der Waals surface area contributed by atoms with Gasteiger partial charge in [-0.3, -0.25) is 4.79 Å². The molecule has 1 amide bonds. The molecule has 1 aliphatic rings. The number of fused-ring (bicyclic) bond motifs is 1. The van der Waals surface area contributed by atoms with E-state index in [4.69, 9.17) is 18.7 Å². The van der Waals surface area contributed by atoms with Gasteiger partial charge in [-0.15, -0.1) is 0 Å². The van der Waals surface area contributed by atoms with E-state index in [2.05, 4.69) is 5.16 Å². The molecule has 2 aromatic rings. The third-order valence-electron chi connectivity index (χ3n) is 3.50. The first-order chi connectivity index (χ1) is 11.1. The van der Waals surface area contributed by atoms with Crippen LogP contribution in [0.1, 0.15) is 21.8 Å². The third kappa shape index (κ3) is 3.08. The van der Waals surface area contributed by atoms with Gasteiger partial charge in [-0.05, 0) is 19.1 Å². The lowest BCUT2D eigenvalue weighted by molar-refractivity contribution is 0.0780. The number of carbonyl (C=O) groups is 1. The zero-order chi connectivity index (χ0) is 16.4. The van der Waals surface area contributed by atoms with E-state index in [-0.39, 0.29) is 5.91 Å². The molecule has 1 aromatic heterocycles. The summed E-state index contributed by atoms with van der Waals surface area (Å²) < 4.78 is 21.4. The van der Waals surface area contributed by atoms with Gasteiger partial charge in [-0.1, -0.05) is 5.16 Å². The Labute approximate surface area is 133 Å². The van der Waals surface area contributed by atoms with Crippen LogP contribution in [0.3, 0.4) is 0 Å². The molecule has 2 heterocycles. The summed E-state index contributed by atoms with van der Waals surface area (Å²) in [4.78, 5) is 14.2. The van der Waals surface area contributed by atoms with Crippen molar-refractivity contribution < 1.29 is 23.5 Å². The lowest BCUT2D eigenvalue weighted by Crippen LogP contribution is -2.26. The first kappa shape index (κ1) is 15.2. The largest absolute Gasteiger partial charge is 0.493 e. The average molecular weight is 318 g/mol. The van der Waals surface area contributed by atoms with Crippen molar-refractivity contribution in [2.45, 2.75) is 13.5 Å². The first-order valence-electron chi connectivity index (χ1n) is 7.24. The molecule has 0 fully saturated rings. The number of aromatic nitrogens is 1. The molecule has 0 saturated heterocycles. The standard InChI is InChI=1S/C16H18N2O5/c1-10-6-12(17-23-10)9-18(2)16(19)11-7-13(20-3)15-14(8-11)21-4-5-22-15/h6-8H,4-5,9H2,1-3H3. The average Bonchev–Trinajstić information content (AvgIpc) is 2.97. The minimum Gasteiger partial charge on any atom is -0.493 e. The second kappa shape index (κ2) is 6.20. The van der Waals surface area contributed by atoms with Gasteiger partial charge in [0.2, 0.25) is 5.75 Å². The highest BCUT2D eigenvalue weighted by Gasteiger charge is 2.22. The number of hydrogen-bond acceptors (Lipinski definition) is 6. The van der Waals surface area contributed by atoms with Crippen molar-refractivity contribution >= 4 is 5.91 Å². The van der Waals surface area contributed by atoms with E-state index in [1.165, 1.54) is 7.11 Å². The number of aryl methyl sites for hydroxylation is 1. The highest BCUT2D eigenvalue weighted by molar-refractivity contribution is 5.95. The molecular weight excluding hydrogens is 300 g/mol. The first-order valence-corrected chi connectivity index (χ1v) is 7.24. The van der Waals surface area contributed by atoms with Gasteiger partial charge in [0.1, 0.15) is 24.7 Å². The van der Waals surface area contributed by atoms with Crippen molar-refractivity contribution in [2.24, 2.45) is 0 Å². The van der Waals surface area contributed by atoms with Gasteiger partial charge in [-0.2, -0.15) is 0 Å². The quantitative estimate of drug-likeness (QED) is 0.859. The molecule has 0 unspecified atom stereocenters. The van der Waals surface area contributed by atoms with Gasteiger partial charge in [0.25, 0.3) is 5.91 Å². The Bertz CT molecular complexity index is 708. The molecule has 1 aliphatic heterocycles. The number of hydrogen-bond donors (Lipinski definition) is 0. The van der Waals surface area contributed by atoms with Crippen LogP contribution in [-0.2, 0) is 6.54 Å². The summed E-state index contributed by atoms with van der Waals surface area (Å²) in [5.74, 6) is 2.08. The van der Waals surface area contributed by atoms with E-state index < -0.39 is 0 Å². The molecule has 0 radical (unpaired) electrons. The zero-order valence-corrected chi connectivity index (χ0v) is 13.3. The summed E-state index contributed by atoms with van der Waals surface area (Å²) in [5, 5.41) is 3.90. The second-order valence-corrected chi connectivity index (χ2v) is 5.29. The summed E-state index contributed by atoms with van der Waals surface area (Å²) in [6.07, 6.45) is 0. The Morgan fingerprint density at radius 3 is 2.78 bits per heavy atom. The van der Waals surface area contributed by atoms with Crippen LogP contribution < -0.4 is 14.2 Å². The summed E-state index contributed by atoms with van der Waals surface area (Å²) in [6, 6.07) is 5.12. The highest BCUT2D eigenvalue weighted by Crippen LogP contribution is 2.40. The number of carbonyl (C=O) groups excluding carboxylic acids is 1. The summed E-state index contributed by atoms with van der Waals surface area (Å²) in [6.45, 7) is 3.07. The summed E-state index contributed by atoms with van der Waals surface area (Å²) >= 11 is 0. The number of ether oxygens (including phenoxy) is 3. The molecule has 0 aliphatic carbocycles. The Kier molecular flexibility index (Phi) is 4.10. The third-order valence-corrected chi connectivity index (χ3v) is 3.50. The number of benzene rings is 1. The van der Waals surface area contributed by atoms with Crippen LogP contribution in [0, 0.1) is 6.92 Å². The van der Waals surface area contributed by atoms with Crippen molar-refractivity contribution in [2.75, 3.05) is 27.4 Å². The molecule has 0 atom stereocenters. The molecule has 0 N–H and O–H groups in total. The fourth-order valence-electron chi connectivity index (χ4n) is 2.42. The van der Waals surface area contributed by atoms with Crippen LogP contribution in [0.4, 0.5) is 0 Å². The Morgan fingerprint density at radius 1 is 1.30 bits per heavy atom. The van der Waals surface area contributed by atoms with Gasteiger partial charge in [0, 0.05) is 18.7 Å². The van der Waals surface area contributed by atoms with Crippen LogP contribution in [0.2, 0.25) is 0 Å². The van der Waals surface area contributed by atoms with Crippen LogP contribution >= 0.6 is 0 Å². The molecule has 122 valence electrons. The molecule has 0 bridgehead atoms. The van der Waals surface area contributed by atoms with Gasteiger partial charge in [0.15, 0.2) is 11.5 Å². The normalized spacial score (nSPS) is 12.8. The van der Waals surface area contributed by atoms with E-state index in [1.807, 2.05) is 6.92 Å². The predicted molar refractivity (Wildman–Crippen MR) is 81.0 cm³/mol. The predicted octanol–water partition coefficient (Wildman–Crippen LogP) is 2.04. The highest BCUT2D eigenvalue weighted by atomic mass is 16.6. The molecular formula is C16H18N2O5. The molecule has 23 heavy (non-hydrogen) atoms. The van der Waals surface area contributed by atoms with E-state index in [0.29, 0.717) is 54.0 Å². The van der Waals surface area contributed by atoms with Crippen LogP contribution in [-0.4, -0.2) is 43.3 Å². The fourth-order valence-corrected chi connectivity index (χ4v) is 2.42. The SMILES string of the molecule is COc1cc(C(=O)N(C)Cc2cc(C)on2)cc2c1OCCO2. The van der Waals surface area contributed by atoms with Gasteiger partial charge < -0.3 is 23.6 Å². The lowest BCUT2D eigenvalue weighted by atomic mass is 10.1. The van der Waals surface area contributed by atoms with Crippen LogP contribution in [0.25, 0.3) is 0 Å². The van der Waals surface area contributed by atoms with Crippen molar-refractivity contribution in [3.05, 3.63) is 35.2 Å². The fraction of sp³-hybridized carbons (Fsp3) is 0.375. The Morgan fingerprint density at radius 2 is 2.09 bits per heavy atom. The maximum absolute atomic E-state index is 12.6. The monoisotopic (exact) mass is 318 g/mol. The van der Waals surface area contributed by atoms with Crippen molar-refractivity contribution in [1.82, 2.24) is 10.1 Å². The number of amides is 1. The van der Waals surface area contributed by atoms with E-state index >= 15 is 0 Å². The zero-order valence-electron chi connectivity index (χ0n) is 13.3. The topological polar surface area (TPSA) is 74.0 Å². The van der Waals surface area contributed by atoms with Gasteiger partial charge >= 0.3 is 0 Å². The van der Waals surface area contributed by atoms with Gasteiger partial charge in [-0.25, -0.2) is 0 Å². The smallest absolute Gasteiger partial charge is 0.254 e. The second-order valence-electron chi connectivity index (χ2n) is 5.29. The summed E-state index contributed by atoms with van der Waals surface area (Å²) in [7, 11) is 3.24. The van der Waals surface area contributed by atoms with E-state index in [0.717, 1.165) is 0 Å². The number of nitrogens with zero attached hydrogens (tertiary/aromatic N) is 2. The number of rotatable bonds is 4. The molecule has 0 spiro atoms. The lowest BCUT2D eigenvalue weighted by Gasteiger charge is -2.22. The summed E-state index contributed by atoms with van der Waals surface area (Å²) in [5.41, 5.74) is 1.16. The minimum atomic E-state index is -0.166. The minimum absolute atomic E-state index is 0.166. The maximum atomic E-state index is 12.6. The van der Waals surface area contributed by atoms with Crippen LogP contribution in [0.5, 0.6) is 17.2 Å².